The Morgan fingerprint density at radius 2 is 1.94 bits per heavy atom. The lowest BCUT2D eigenvalue weighted by Crippen LogP contribution is -2.38. The Bertz CT molecular complexity index is 339. The van der Waals surface area contributed by atoms with Gasteiger partial charge in [-0.15, -0.1) is 0 Å². The highest BCUT2D eigenvalue weighted by molar-refractivity contribution is 5.25. The first-order valence-electron chi connectivity index (χ1n) is 6.97. The van der Waals surface area contributed by atoms with Crippen LogP contribution in [0.4, 0.5) is 0 Å². The quantitative estimate of drug-likeness (QED) is 0.835. The SMILES string of the molecule is CC1CCNC(Cc2ccc(C(C)C)cc2)C1. The zero-order valence-electron chi connectivity index (χ0n) is 11.4. The molecular weight excluding hydrogens is 206 g/mol. The molecule has 1 aromatic rings. The molecule has 17 heavy (non-hydrogen) atoms. The van der Waals surface area contributed by atoms with Crippen LogP contribution in [0.3, 0.4) is 0 Å². The lowest BCUT2D eigenvalue weighted by molar-refractivity contribution is 0.318. The lowest BCUT2D eigenvalue weighted by atomic mass is 9.90. The van der Waals surface area contributed by atoms with Crippen molar-refractivity contribution in [2.24, 2.45) is 5.92 Å². The number of rotatable bonds is 3. The van der Waals surface area contributed by atoms with Crippen LogP contribution in [0, 0.1) is 5.92 Å². The normalized spacial score (nSPS) is 25.2. The van der Waals surface area contributed by atoms with Crippen molar-refractivity contribution in [1.29, 1.82) is 0 Å². The summed E-state index contributed by atoms with van der Waals surface area (Å²) in [7, 11) is 0. The van der Waals surface area contributed by atoms with Crippen LogP contribution in [0.25, 0.3) is 0 Å². The van der Waals surface area contributed by atoms with Gasteiger partial charge in [0.05, 0.1) is 0 Å². The zero-order valence-corrected chi connectivity index (χ0v) is 11.4. The maximum atomic E-state index is 3.64. The van der Waals surface area contributed by atoms with Gasteiger partial charge in [-0.05, 0) is 48.8 Å². The van der Waals surface area contributed by atoms with Gasteiger partial charge in [0.2, 0.25) is 0 Å². The topological polar surface area (TPSA) is 12.0 Å². The summed E-state index contributed by atoms with van der Waals surface area (Å²) in [4.78, 5) is 0. The van der Waals surface area contributed by atoms with Crippen LogP contribution in [0.15, 0.2) is 24.3 Å². The second-order valence-electron chi connectivity index (χ2n) is 5.88. The molecule has 0 aliphatic carbocycles. The number of hydrogen-bond donors (Lipinski definition) is 1. The summed E-state index contributed by atoms with van der Waals surface area (Å²) in [5.41, 5.74) is 2.92. The molecule has 94 valence electrons. The molecule has 1 nitrogen and oxygen atoms in total. The number of benzene rings is 1. The van der Waals surface area contributed by atoms with Gasteiger partial charge in [0.1, 0.15) is 0 Å². The van der Waals surface area contributed by atoms with Gasteiger partial charge in [-0.25, -0.2) is 0 Å². The molecule has 1 aliphatic rings. The lowest BCUT2D eigenvalue weighted by Gasteiger charge is -2.28. The first-order chi connectivity index (χ1) is 8.15. The maximum absolute atomic E-state index is 3.64. The molecule has 0 amide bonds. The molecular formula is C16H25N. The molecule has 1 aliphatic heterocycles. The Kier molecular flexibility index (Phi) is 4.22. The van der Waals surface area contributed by atoms with Gasteiger partial charge >= 0.3 is 0 Å². The van der Waals surface area contributed by atoms with E-state index in [9.17, 15) is 0 Å². The van der Waals surface area contributed by atoms with Crippen LogP contribution < -0.4 is 5.32 Å². The predicted molar refractivity (Wildman–Crippen MR) is 74.4 cm³/mol. The van der Waals surface area contributed by atoms with Gasteiger partial charge in [-0.2, -0.15) is 0 Å². The minimum atomic E-state index is 0.636. The van der Waals surface area contributed by atoms with E-state index in [-0.39, 0.29) is 0 Å². The van der Waals surface area contributed by atoms with Crippen LogP contribution in [0.1, 0.15) is 50.7 Å². The molecule has 0 bridgehead atoms. The standard InChI is InChI=1S/C16H25N/c1-12(2)15-6-4-14(5-7-15)11-16-10-13(3)8-9-17-16/h4-7,12-13,16-17H,8-11H2,1-3H3. The molecule has 0 aromatic heterocycles. The fourth-order valence-corrected chi connectivity index (χ4v) is 2.70. The van der Waals surface area contributed by atoms with Gasteiger partial charge in [0.15, 0.2) is 0 Å². The van der Waals surface area contributed by atoms with E-state index in [2.05, 4.69) is 50.4 Å². The van der Waals surface area contributed by atoms with Crippen molar-refractivity contribution in [3.63, 3.8) is 0 Å². The largest absolute Gasteiger partial charge is 0.314 e. The molecule has 1 saturated heterocycles. The van der Waals surface area contributed by atoms with E-state index in [1.807, 2.05) is 0 Å². The number of piperidine rings is 1. The van der Waals surface area contributed by atoms with Gasteiger partial charge < -0.3 is 5.32 Å². The van der Waals surface area contributed by atoms with Crippen LogP contribution >= 0.6 is 0 Å². The third-order valence-corrected chi connectivity index (χ3v) is 3.89. The minimum absolute atomic E-state index is 0.636. The Morgan fingerprint density at radius 1 is 1.24 bits per heavy atom. The Balaban J connectivity index is 1.94. The van der Waals surface area contributed by atoms with Gasteiger partial charge in [-0.1, -0.05) is 45.0 Å². The van der Waals surface area contributed by atoms with Crippen LogP contribution in [-0.4, -0.2) is 12.6 Å². The molecule has 2 unspecified atom stereocenters. The number of nitrogens with one attached hydrogen (secondary N) is 1. The molecule has 0 spiro atoms. The molecule has 0 radical (unpaired) electrons. The van der Waals surface area contributed by atoms with E-state index in [1.54, 1.807) is 0 Å². The highest BCUT2D eigenvalue weighted by Crippen LogP contribution is 2.20. The van der Waals surface area contributed by atoms with E-state index in [4.69, 9.17) is 0 Å². The van der Waals surface area contributed by atoms with E-state index in [0.29, 0.717) is 12.0 Å². The molecule has 1 heterocycles. The average molecular weight is 231 g/mol. The number of hydrogen-bond acceptors (Lipinski definition) is 1. The first kappa shape index (κ1) is 12.6. The van der Waals surface area contributed by atoms with Gasteiger partial charge in [-0.3, -0.25) is 0 Å². The summed E-state index contributed by atoms with van der Waals surface area (Å²) in [5.74, 6) is 1.52. The highest BCUT2D eigenvalue weighted by Gasteiger charge is 2.18. The Labute approximate surface area is 106 Å². The summed E-state index contributed by atoms with van der Waals surface area (Å²) in [6, 6.07) is 9.86. The van der Waals surface area contributed by atoms with Crippen molar-refractivity contribution in [3.05, 3.63) is 35.4 Å². The van der Waals surface area contributed by atoms with Crippen molar-refractivity contribution in [3.8, 4) is 0 Å². The maximum Gasteiger partial charge on any atom is 0.0110 e. The average Bonchev–Trinajstić information content (AvgIpc) is 2.29. The molecule has 1 N–H and O–H groups in total. The monoisotopic (exact) mass is 231 g/mol. The predicted octanol–water partition coefficient (Wildman–Crippen LogP) is 3.74. The second kappa shape index (κ2) is 5.68. The summed E-state index contributed by atoms with van der Waals surface area (Å²) in [5, 5.41) is 3.64. The van der Waals surface area contributed by atoms with E-state index < -0.39 is 0 Å². The summed E-state index contributed by atoms with van der Waals surface area (Å²) in [6.45, 7) is 8.06. The third kappa shape index (κ3) is 3.57. The smallest absolute Gasteiger partial charge is 0.0110 e. The molecule has 0 saturated carbocycles. The fourth-order valence-electron chi connectivity index (χ4n) is 2.70. The summed E-state index contributed by atoms with van der Waals surface area (Å²) >= 11 is 0. The van der Waals surface area contributed by atoms with Gasteiger partial charge in [0.25, 0.3) is 0 Å². The van der Waals surface area contributed by atoms with E-state index >= 15 is 0 Å². The molecule has 2 rings (SSSR count). The van der Waals surface area contributed by atoms with Gasteiger partial charge in [0, 0.05) is 6.04 Å². The first-order valence-corrected chi connectivity index (χ1v) is 6.97. The van der Waals surface area contributed by atoms with Crippen LogP contribution in [0.2, 0.25) is 0 Å². The second-order valence-corrected chi connectivity index (χ2v) is 5.88. The van der Waals surface area contributed by atoms with Crippen molar-refractivity contribution in [2.45, 2.75) is 52.0 Å². The van der Waals surface area contributed by atoms with Crippen molar-refractivity contribution in [1.82, 2.24) is 5.32 Å². The van der Waals surface area contributed by atoms with Crippen LogP contribution in [-0.2, 0) is 6.42 Å². The zero-order chi connectivity index (χ0) is 12.3. The molecule has 1 aromatic carbocycles. The summed E-state index contributed by atoms with van der Waals surface area (Å²) in [6.07, 6.45) is 3.84. The summed E-state index contributed by atoms with van der Waals surface area (Å²) < 4.78 is 0. The third-order valence-electron chi connectivity index (χ3n) is 3.89. The van der Waals surface area contributed by atoms with E-state index in [1.165, 1.54) is 36.9 Å². The van der Waals surface area contributed by atoms with Crippen molar-refractivity contribution < 1.29 is 0 Å². The Hall–Kier alpha value is -0.820. The fraction of sp³-hybridized carbons (Fsp3) is 0.625. The minimum Gasteiger partial charge on any atom is -0.314 e. The highest BCUT2D eigenvalue weighted by atomic mass is 14.9. The Morgan fingerprint density at radius 3 is 2.53 bits per heavy atom. The van der Waals surface area contributed by atoms with Crippen molar-refractivity contribution >= 4 is 0 Å². The van der Waals surface area contributed by atoms with Crippen LogP contribution in [0.5, 0.6) is 0 Å². The molecule has 2 atom stereocenters. The van der Waals surface area contributed by atoms with Crippen molar-refractivity contribution in [2.75, 3.05) is 6.54 Å². The van der Waals surface area contributed by atoms with E-state index in [0.717, 1.165) is 5.92 Å². The molecule has 1 heteroatoms. The molecule has 1 fully saturated rings.